The molecule has 3 N–H and O–H groups in total. The zero-order valence-electron chi connectivity index (χ0n) is 12.4. The lowest BCUT2D eigenvalue weighted by molar-refractivity contribution is 0.134. The van der Waals surface area contributed by atoms with Crippen LogP contribution in [0.1, 0.15) is 31.4 Å². The SMILES string of the molecule is CCC[C@H](O)[C@H](N)c1cc(OC)c(OC)c(OC)c1.Cl. The Hall–Kier alpha value is -1.17. The number of aliphatic hydroxyl groups is 1. The second kappa shape index (κ2) is 8.89. The summed E-state index contributed by atoms with van der Waals surface area (Å²) in [4.78, 5) is 0. The van der Waals surface area contributed by atoms with Crippen molar-refractivity contribution in [3.63, 3.8) is 0 Å². The fourth-order valence-corrected chi connectivity index (χ4v) is 1.99. The van der Waals surface area contributed by atoms with E-state index in [1.165, 1.54) is 0 Å². The van der Waals surface area contributed by atoms with Gasteiger partial charge in [0.25, 0.3) is 0 Å². The van der Waals surface area contributed by atoms with E-state index in [0.717, 1.165) is 12.0 Å². The maximum atomic E-state index is 9.99. The molecule has 0 aliphatic carbocycles. The third-order valence-electron chi connectivity index (χ3n) is 3.07. The van der Waals surface area contributed by atoms with Gasteiger partial charge in [0.15, 0.2) is 11.5 Å². The molecular weight excluding hydrogens is 282 g/mol. The fourth-order valence-electron chi connectivity index (χ4n) is 1.99. The van der Waals surface area contributed by atoms with Gasteiger partial charge in [-0.3, -0.25) is 0 Å². The quantitative estimate of drug-likeness (QED) is 0.808. The smallest absolute Gasteiger partial charge is 0.203 e. The van der Waals surface area contributed by atoms with Crippen LogP contribution in [0.4, 0.5) is 0 Å². The maximum Gasteiger partial charge on any atom is 0.203 e. The molecule has 20 heavy (non-hydrogen) atoms. The monoisotopic (exact) mass is 305 g/mol. The van der Waals surface area contributed by atoms with E-state index >= 15 is 0 Å². The van der Waals surface area contributed by atoms with Crippen LogP contribution in [-0.4, -0.2) is 32.5 Å². The predicted octanol–water partition coefficient (Wildman–Crippen LogP) is 2.30. The molecule has 0 aliphatic heterocycles. The van der Waals surface area contributed by atoms with Gasteiger partial charge in [0.05, 0.1) is 33.5 Å². The Bertz CT molecular complexity index is 389. The van der Waals surface area contributed by atoms with Crippen molar-refractivity contribution in [2.45, 2.75) is 31.9 Å². The van der Waals surface area contributed by atoms with Gasteiger partial charge in [-0.25, -0.2) is 0 Å². The van der Waals surface area contributed by atoms with Gasteiger partial charge in [-0.2, -0.15) is 0 Å². The molecule has 0 radical (unpaired) electrons. The van der Waals surface area contributed by atoms with Gasteiger partial charge in [-0.1, -0.05) is 13.3 Å². The molecule has 0 spiro atoms. The van der Waals surface area contributed by atoms with Crippen LogP contribution >= 0.6 is 12.4 Å². The molecule has 116 valence electrons. The van der Waals surface area contributed by atoms with E-state index in [2.05, 4.69) is 0 Å². The Morgan fingerprint density at radius 3 is 1.95 bits per heavy atom. The lowest BCUT2D eigenvalue weighted by atomic mass is 9.98. The second-order valence-corrected chi connectivity index (χ2v) is 4.34. The number of ether oxygens (including phenoxy) is 3. The summed E-state index contributed by atoms with van der Waals surface area (Å²) in [5.74, 6) is 1.60. The van der Waals surface area contributed by atoms with Crippen molar-refractivity contribution < 1.29 is 19.3 Å². The summed E-state index contributed by atoms with van der Waals surface area (Å²) in [5.41, 5.74) is 6.82. The predicted molar refractivity (Wildman–Crippen MR) is 81.2 cm³/mol. The summed E-state index contributed by atoms with van der Waals surface area (Å²) in [6, 6.07) is 3.06. The highest BCUT2D eigenvalue weighted by Gasteiger charge is 2.21. The highest BCUT2D eigenvalue weighted by Crippen LogP contribution is 2.39. The molecule has 5 nitrogen and oxygen atoms in total. The molecule has 0 heterocycles. The molecule has 2 atom stereocenters. The van der Waals surface area contributed by atoms with Crippen molar-refractivity contribution in [3.8, 4) is 17.2 Å². The molecule has 0 aromatic heterocycles. The van der Waals surface area contributed by atoms with E-state index in [-0.39, 0.29) is 12.4 Å². The topological polar surface area (TPSA) is 73.9 Å². The van der Waals surface area contributed by atoms with Gasteiger partial charge in [0, 0.05) is 0 Å². The number of hydrogen-bond acceptors (Lipinski definition) is 5. The van der Waals surface area contributed by atoms with Crippen molar-refractivity contribution in [2.75, 3.05) is 21.3 Å². The average molecular weight is 306 g/mol. The van der Waals surface area contributed by atoms with Crippen molar-refractivity contribution in [1.82, 2.24) is 0 Å². The number of rotatable bonds is 7. The summed E-state index contributed by atoms with van der Waals surface area (Å²) in [5, 5.41) is 9.99. The molecule has 1 aromatic carbocycles. The molecule has 0 fully saturated rings. The van der Waals surface area contributed by atoms with E-state index in [1.54, 1.807) is 33.5 Å². The molecule has 0 saturated heterocycles. The van der Waals surface area contributed by atoms with Gasteiger partial charge in [-0.15, -0.1) is 12.4 Å². The molecule has 6 heteroatoms. The van der Waals surface area contributed by atoms with Crippen LogP contribution in [0.2, 0.25) is 0 Å². The van der Waals surface area contributed by atoms with Crippen LogP contribution in [0.5, 0.6) is 17.2 Å². The lowest BCUT2D eigenvalue weighted by Gasteiger charge is -2.21. The first-order valence-corrected chi connectivity index (χ1v) is 6.32. The van der Waals surface area contributed by atoms with Gasteiger partial charge >= 0.3 is 0 Å². The van der Waals surface area contributed by atoms with E-state index in [4.69, 9.17) is 19.9 Å². The first kappa shape index (κ1) is 18.8. The van der Waals surface area contributed by atoms with E-state index in [1.807, 2.05) is 6.92 Å². The first-order valence-electron chi connectivity index (χ1n) is 6.32. The summed E-state index contributed by atoms with van der Waals surface area (Å²) in [6.45, 7) is 2.01. The molecular formula is C14H24ClNO4. The number of methoxy groups -OCH3 is 3. The molecule has 1 aromatic rings. The summed E-state index contributed by atoms with van der Waals surface area (Å²) in [7, 11) is 4.65. The van der Waals surface area contributed by atoms with Crippen molar-refractivity contribution in [2.24, 2.45) is 5.73 Å². The fraction of sp³-hybridized carbons (Fsp3) is 0.571. The first-order chi connectivity index (χ1) is 9.08. The minimum atomic E-state index is -0.590. The number of hydrogen-bond donors (Lipinski definition) is 2. The van der Waals surface area contributed by atoms with Crippen molar-refractivity contribution in [3.05, 3.63) is 17.7 Å². The Kier molecular flexibility index (Phi) is 8.37. The normalized spacial score (nSPS) is 13.1. The maximum absolute atomic E-state index is 9.99. The summed E-state index contributed by atoms with van der Waals surface area (Å²) >= 11 is 0. The van der Waals surface area contributed by atoms with Crippen molar-refractivity contribution in [1.29, 1.82) is 0 Å². The van der Waals surface area contributed by atoms with Crippen LogP contribution < -0.4 is 19.9 Å². The van der Waals surface area contributed by atoms with Crippen LogP contribution in [0.25, 0.3) is 0 Å². The van der Waals surface area contributed by atoms with Crippen LogP contribution in [-0.2, 0) is 0 Å². The number of benzene rings is 1. The molecule has 0 saturated carbocycles. The standard InChI is InChI=1S/C14H23NO4.ClH/c1-5-6-10(16)13(15)9-7-11(17-2)14(19-4)12(8-9)18-3;/h7-8,10,13,16H,5-6,15H2,1-4H3;1H/t10-,13+;/m0./s1. The van der Waals surface area contributed by atoms with Gasteiger partial charge in [0.1, 0.15) is 0 Å². The minimum absolute atomic E-state index is 0. The molecule has 1 rings (SSSR count). The van der Waals surface area contributed by atoms with Crippen LogP contribution in [0.3, 0.4) is 0 Å². The third-order valence-corrected chi connectivity index (χ3v) is 3.07. The Morgan fingerprint density at radius 1 is 1.10 bits per heavy atom. The van der Waals surface area contributed by atoms with Crippen LogP contribution in [0, 0.1) is 0 Å². The number of halogens is 1. The number of nitrogens with two attached hydrogens (primary N) is 1. The van der Waals surface area contributed by atoms with E-state index in [0.29, 0.717) is 23.7 Å². The Morgan fingerprint density at radius 2 is 1.60 bits per heavy atom. The van der Waals surface area contributed by atoms with Crippen molar-refractivity contribution >= 4 is 12.4 Å². The lowest BCUT2D eigenvalue weighted by Crippen LogP contribution is -2.26. The van der Waals surface area contributed by atoms with Gasteiger partial charge in [-0.05, 0) is 24.1 Å². The number of aliphatic hydroxyl groups excluding tert-OH is 1. The molecule has 0 aliphatic rings. The second-order valence-electron chi connectivity index (χ2n) is 4.34. The zero-order valence-corrected chi connectivity index (χ0v) is 13.2. The Balaban J connectivity index is 0.00000361. The summed E-state index contributed by atoms with van der Waals surface area (Å²) in [6.07, 6.45) is 0.935. The van der Waals surface area contributed by atoms with Gasteiger partial charge in [0.2, 0.25) is 5.75 Å². The Labute approximate surface area is 126 Å². The summed E-state index contributed by atoms with van der Waals surface area (Å²) < 4.78 is 15.8. The van der Waals surface area contributed by atoms with E-state index < -0.39 is 12.1 Å². The van der Waals surface area contributed by atoms with E-state index in [9.17, 15) is 5.11 Å². The molecule has 0 amide bonds. The average Bonchev–Trinajstić information content (AvgIpc) is 2.44. The zero-order chi connectivity index (χ0) is 14.4. The molecule has 0 bridgehead atoms. The highest BCUT2D eigenvalue weighted by atomic mass is 35.5. The highest BCUT2D eigenvalue weighted by molar-refractivity contribution is 5.85. The third kappa shape index (κ3) is 4.16. The molecule has 0 unspecified atom stereocenters. The largest absolute Gasteiger partial charge is 0.493 e. The van der Waals surface area contributed by atoms with Crippen LogP contribution in [0.15, 0.2) is 12.1 Å². The van der Waals surface area contributed by atoms with Gasteiger partial charge < -0.3 is 25.1 Å². The minimum Gasteiger partial charge on any atom is -0.493 e.